The minimum absolute atomic E-state index is 0.351. The Morgan fingerprint density at radius 2 is 1.83 bits per heavy atom. The van der Waals surface area contributed by atoms with Gasteiger partial charge in [-0.2, -0.15) is 0 Å². The zero-order chi connectivity index (χ0) is 20.6. The van der Waals surface area contributed by atoms with Crippen LogP contribution in [0.15, 0.2) is 71.7 Å². The molecule has 154 valence electrons. The molecular weight excluding hydrogens is 378 g/mol. The van der Waals surface area contributed by atoms with Crippen LogP contribution >= 0.6 is 0 Å². The van der Waals surface area contributed by atoms with Gasteiger partial charge in [0, 0.05) is 30.7 Å². The van der Waals surface area contributed by atoms with Gasteiger partial charge in [-0.25, -0.2) is 0 Å². The third-order valence-electron chi connectivity index (χ3n) is 4.83. The molecule has 0 saturated carbocycles. The number of pyridine rings is 2. The number of hydrogen-bond acceptors (Lipinski definition) is 6. The van der Waals surface area contributed by atoms with E-state index in [4.69, 9.17) is 13.9 Å². The first-order chi connectivity index (χ1) is 14.8. The van der Waals surface area contributed by atoms with Gasteiger partial charge in [0.2, 0.25) is 0 Å². The molecule has 0 atom stereocenters. The van der Waals surface area contributed by atoms with E-state index < -0.39 is 0 Å². The average molecular weight is 403 g/mol. The Labute approximate surface area is 175 Å². The minimum atomic E-state index is 0.351. The quantitative estimate of drug-likeness (QED) is 0.388. The Bertz CT molecular complexity index is 1070. The van der Waals surface area contributed by atoms with Gasteiger partial charge in [-0.15, -0.1) is 0 Å². The van der Waals surface area contributed by atoms with E-state index in [1.807, 2.05) is 49.5 Å². The molecule has 0 radical (unpaired) electrons. The molecule has 4 aromatic rings. The second-order valence-electron chi connectivity index (χ2n) is 7.00. The lowest BCUT2D eigenvalue weighted by Crippen LogP contribution is -2.17. The molecule has 0 amide bonds. The van der Waals surface area contributed by atoms with E-state index in [1.54, 1.807) is 18.6 Å². The molecule has 4 rings (SSSR count). The number of furan rings is 1. The standard InChI is InChI=1S/C24H25N3O3/c1-18-23(17-29-20-7-4-11-27-16-20)30-22-9-2-8-21(24(18)22)28-13-5-12-26-15-19-6-3-10-25-14-19/h2-4,6-11,14,16,26H,5,12-13,15,17H2,1H3. The predicted octanol–water partition coefficient (Wildman–Crippen LogP) is 4.67. The molecule has 0 saturated heterocycles. The molecule has 6 heteroatoms. The van der Waals surface area contributed by atoms with Crippen LogP contribution in [0.5, 0.6) is 11.5 Å². The van der Waals surface area contributed by atoms with E-state index in [1.165, 1.54) is 5.56 Å². The number of benzene rings is 1. The number of ether oxygens (including phenoxy) is 2. The van der Waals surface area contributed by atoms with Crippen LogP contribution in [-0.2, 0) is 13.2 Å². The third-order valence-corrected chi connectivity index (χ3v) is 4.83. The van der Waals surface area contributed by atoms with Crippen LogP contribution in [-0.4, -0.2) is 23.1 Å². The lowest BCUT2D eigenvalue weighted by Gasteiger charge is -2.09. The summed E-state index contributed by atoms with van der Waals surface area (Å²) in [6.45, 7) is 4.70. The monoisotopic (exact) mass is 403 g/mol. The smallest absolute Gasteiger partial charge is 0.146 e. The summed E-state index contributed by atoms with van der Waals surface area (Å²) in [5.41, 5.74) is 3.03. The van der Waals surface area contributed by atoms with Crippen molar-refractivity contribution in [3.63, 3.8) is 0 Å². The number of aromatic nitrogens is 2. The third kappa shape index (κ3) is 4.96. The SMILES string of the molecule is Cc1c(COc2cccnc2)oc2cccc(OCCCNCc3cccnc3)c12. The lowest BCUT2D eigenvalue weighted by atomic mass is 10.1. The fraction of sp³-hybridized carbons (Fsp3) is 0.250. The molecule has 0 unspecified atom stereocenters. The van der Waals surface area contributed by atoms with Gasteiger partial charge in [0.25, 0.3) is 0 Å². The Morgan fingerprint density at radius 3 is 2.63 bits per heavy atom. The van der Waals surface area contributed by atoms with Gasteiger partial charge in [-0.05, 0) is 55.8 Å². The first-order valence-corrected chi connectivity index (χ1v) is 10.1. The maximum absolute atomic E-state index is 6.07. The van der Waals surface area contributed by atoms with E-state index >= 15 is 0 Å². The van der Waals surface area contributed by atoms with Gasteiger partial charge >= 0.3 is 0 Å². The molecule has 0 aliphatic heterocycles. The molecule has 1 N–H and O–H groups in total. The van der Waals surface area contributed by atoms with Crippen molar-refractivity contribution in [1.82, 2.24) is 15.3 Å². The van der Waals surface area contributed by atoms with Crippen LogP contribution in [0.25, 0.3) is 11.0 Å². The molecule has 30 heavy (non-hydrogen) atoms. The highest BCUT2D eigenvalue weighted by Crippen LogP contribution is 2.33. The summed E-state index contributed by atoms with van der Waals surface area (Å²) in [6.07, 6.45) is 7.98. The molecule has 0 aliphatic carbocycles. The van der Waals surface area contributed by atoms with Crippen molar-refractivity contribution in [3.05, 3.63) is 84.1 Å². The molecule has 6 nitrogen and oxygen atoms in total. The van der Waals surface area contributed by atoms with Crippen molar-refractivity contribution < 1.29 is 13.9 Å². The van der Waals surface area contributed by atoms with Crippen molar-refractivity contribution in [2.45, 2.75) is 26.5 Å². The zero-order valence-electron chi connectivity index (χ0n) is 17.0. The topological polar surface area (TPSA) is 69.4 Å². The highest BCUT2D eigenvalue weighted by Gasteiger charge is 2.15. The molecule has 0 spiro atoms. The Kier molecular flexibility index (Phi) is 6.57. The fourth-order valence-corrected chi connectivity index (χ4v) is 3.27. The van der Waals surface area contributed by atoms with E-state index in [0.29, 0.717) is 19.0 Å². The van der Waals surface area contributed by atoms with Crippen LogP contribution < -0.4 is 14.8 Å². The van der Waals surface area contributed by atoms with E-state index in [0.717, 1.165) is 47.6 Å². The highest BCUT2D eigenvalue weighted by atomic mass is 16.5. The molecule has 0 aliphatic rings. The van der Waals surface area contributed by atoms with Crippen molar-refractivity contribution >= 4 is 11.0 Å². The number of aryl methyl sites for hydroxylation is 1. The Balaban J connectivity index is 1.32. The summed E-state index contributed by atoms with van der Waals surface area (Å²) in [7, 11) is 0. The van der Waals surface area contributed by atoms with Crippen LogP contribution in [0.3, 0.4) is 0 Å². The summed E-state index contributed by atoms with van der Waals surface area (Å²) < 4.78 is 17.9. The second kappa shape index (κ2) is 9.89. The van der Waals surface area contributed by atoms with Gasteiger partial charge in [0.05, 0.1) is 18.2 Å². The number of nitrogens with zero attached hydrogens (tertiary/aromatic N) is 2. The first-order valence-electron chi connectivity index (χ1n) is 10.1. The van der Waals surface area contributed by atoms with Crippen LogP contribution in [0.4, 0.5) is 0 Å². The second-order valence-corrected chi connectivity index (χ2v) is 7.00. The Morgan fingerprint density at radius 1 is 0.967 bits per heavy atom. The van der Waals surface area contributed by atoms with Crippen LogP contribution in [0.1, 0.15) is 23.3 Å². The summed E-state index contributed by atoms with van der Waals surface area (Å²) in [6, 6.07) is 13.6. The number of rotatable bonds is 10. The normalized spacial score (nSPS) is 11.0. The maximum atomic E-state index is 6.07. The van der Waals surface area contributed by atoms with Crippen LogP contribution in [0.2, 0.25) is 0 Å². The van der Waals surface area contributed by atoms with E-state index in [9.17, 15) is 0 Å². The van der Waals surface area contributed by atoms with Gasteiger partial charge < -0.3 is 19.2 Å². The van der Waals surface area contributed by atoms with Crippen molar-refractivity contribution in [1.29, 1.82) is 0 Å². The van der Waals surface area contributed by atoms with Crippen molar-refractivity contribution in [3.8, 4) is 11.5 Å². The summed E-state index contributed by atoms with van der Waals surface area (Å²) in [5, 5.41) is 4.42. The van der Waals surface area contributed by atoms with Crippen molar-refractivity contribution in [2.75, 3.05) is 13.2 Å². The van der Waals surface area contributed by atoms with Gasteiger partial charge in [0.1, 0.15) is 29.4 Å². The first kappa shape index (κ1) is 19.9. The van der Waals surface area contributed by atoms with E-state index in [-0.39, 0.29) is 0 Å². The van der Waals surface area contributed by atoms with E-state index in [2.05, 4.69) is 21.4 Å². The molecular formula is C24H25N3O3. The summed E-state index contributed by atoms with van der Waals surface area (Å²) in [5.74, 6) is 2.35. The fourth-order valence-electron chi connectivity index (χ4n) is 3.27. The van der Waals surface area contributed by atoms with Gasteiger partial charge in [-0.3, -0.25) is 9.97 Å². The maximum Gasteiger partial charge on any atom is 0.146 e. The molecule has 3 aromatic heterocycles. The lowest BCUT2D eigenvalue weighted by molar-refractivity contribution is 0.272. The average Bonchev–Trinajstić information content (AvgIpc) is 3.12. The molecule has 3 heterocycles. The number of nitrogens with one attached hydrogen (secondary N) is 1. The summed E-state index contributed by atoms with van der Waals surface area (Å²) in [4.78, 5) is 8.19. The van der Waals surface area contributed by atoms with Crippen LogP contribution in [0, 0.1) is 6.92 Å². The Hall–Kier alpha value is -3.38. The highest BCUT2D eigenvalue weighted by molar-refractivity contribution is 5.88. The van der Waals surface area contributed by atoms with Crippen molar-refractivity contribution in [2.24, 2.45) is 0 Å². The molecule has 1 aromatic carbocycles. The minimum Gasteiger partial charge on any atom is -0.493 e. The summed E-state index contributed by atoms with van der Waals surface area (Å²) >= 11 is 0. The molecule has 0 bridgehead atoms. The van der Waals surface area contributed by atoms with Gasteiger partial charge in [-0.1, -0.05) is 12.1 Å². The molecule has 0 fully saturated rings. The number of fused-ring (bicyclic) bond motifs is 1. The largest absolute Gasteiger partial charge is 0.493 e. The zero-order valence-corrected chi connectivity index (χ0v) is 17.0. The predicted molar refractivity (Wildman–Crippen MR) is 116 cm³/mol. The van der Waals surface area contributed by atoms with Gasteiger partial charge in [0.15, 0.2) is 0 Å². The number of hydrogen-bond donors (Lipinski definition) is 1.